The maximum absolute atomic E-state index is 13.4. The Labute approximate surface area is 210 Å². The minimum absolute atomic E-state index is 0.185. The molecule has 0 N–H and O–H groups in total. The first-order valence-corrected chi connectivity index (χ1v) is 12.3. The fourth-order valence-corrected chi connectivity index (χ4v) is 5.31. The highest BCUT2D eigenvalue weighted by atomic mass is 79.9. The van der Waals surface area contributed by atoms with Crippen LogP contribution in [0.1, 0.15) is 25.8 Å². The van der Waals surface area contributed by atoms with Crippen molar-refractivity contribution in [3.05, 3.63) is 62.0 Å². The van der Waals surface area contributed by atoms with Crippen molar-refractivity contribution in [2.75, 3.05) is 32.2 Å². The summed E-state index contributed by atoms with van der Waals surface area (Å²) in [5.41, 5.74) is 0.932. The number of hydrogen-bond donors (Lipinski definition) is 0. The number of piperidine rings is 1. The summed E-state index contributed by atoms with van der Waals surface area (Å²) in [7, 11) is 3.19. The molecule has 2 aromatic carbocycles. The minimum Gasteiger partial charge on any atom is -0.493 e. The van der Waals surface area contributed by atoms with E-state index in [-0.39, 0.29) is 17.3 Å². The van der Waals surface area contributed by atoms with Gasteiger partial charge in [0.15, 0.2) is 11.5 Å². The number of ether oxygens (including phenoxy) is 2. The van der Waals surface area contributed by atoms with Crippen molar-refractivity contribution in [2.45, 2.75) is 32.4 Å². The summed E-state index contributed by atoms with van der Waals surface area (Å²) < 4.78 is 14.8. The van der Waals surface area contributed by atoms with E-state index in [1.165, 1.54) is 4.57 Å². The molecular formula is C25H26BrN5O4. The minimum atomic E-state index is -0.255. The van der Waals surface area contributed by atoms with Crippen molar-refractivity contribution >= 4 is 43.6 Å². The van der Waals surface area contributed by atoms with Crippen molar-refractivity contribution in [3.8, 4) is 11.5 Å². The zero-order valence-corrected chi connectivity index (χ0v) is 21.4. The van der Waals surface area contributed by atoms with Gasteiger partial charge in [-0.15, -0.1) is 0 Å². The summed E-state index contributed by atoms with van der Waals surface area (Å²) in [6.07, 6.45) is 2.84. The van der Waals surface area contributed by atoms with Crippen molar-refractivity contribution in [1.82, 2.24) is 19.1 Å². The van der Waals surface area contributed by atoms with Gasteiger partial charge in [-0.1, -0.05) is 15.9 Å². The molecule has 4 aromatic rings. The predicted octanol–water partition coefficient (Wildman–Crippen LogP) is 3.75. The monoisotopic (exact) mass is 539 g/mol. The van der Waals surface area contributed by atoms with Gasteiger partial charge in [-0.3, -0.25) is 13.9 Å². The Morgan fingerprint density at radius 2 is 1.71 bits per heavy atom. The quantitative estimate of drug-likeness (QED) is 0.381. The molecule has 1 fully saturated rings. The first kappa shape index (κ1) is 23.3. The molecule has 1 aliphatic heterocycles. The van der Waals surface area contributed by atoms with Gasteiger partial charge in [0.25, 0.3) is 5.56 Å². The van der Waals surface area contributed by atoms with Crippen LogP contribution in [0, 0.1) is 0 Å². The van der Waals surface area contributed by atoms with Crippen LogP contribution in [-0.4, -0.2) is 46.4 Å². The Morgan fingerprint density at radius 1 is 1.00 bits per heavy atom. The van der Waals surface area contributed by atoms with E-state index in [0.29, 0.717) is 54.9 Å². The van der Waals surface area contributed by atoms with Gasteiger partial charge in [0.1, 0.15) is 12.1 Å². The lowest BCUT2D eigenvalue weighted by Crippen LogP contribution is -2.46. The van der Waals surface area contributed by atoms with Crippen LogP contribution in [0.3, 0.4) is 0 Å². The Morgan fingerprint density at radius 3 is 2.40 bits per heavy atom. The van der Waals surface area contributed by atoms with Crippen LogP contribution < -0.4 is 25.6 Å². The molecule has 10 heteroatoms. The van der Waals surface area contributed by atoms with Crippen LogP contribution in [0.4, 0.5) is 5.82 Å². The smallest absolute Gasteiger partial charge is 0.331 e. The third kappa shape index (κ3) is 3.95. The van der Waals surface area contributed by atoms with Gasteiger partial charge in [0.05, 0.1) is 30.6 Å². The second kappa shape index (κ2) is 9.33. The zero-order chi connectivity index (χ0) is 24.7. The molecule has 1 saturated heterocycles. The number of aryl methyl sites for hydroxylation is 1. The first-order valence-electron chi connectivity index (χ1n) is 11.5. The molecule has 1 aliphatic rings. The molecule has 0 radical (unpaired) electrons. The van der Waals surface area contributed by atoms with Gasteiger partial charge in [0, 0.05) is 41.6 Å². The molecule has 0 spiro atoms. The lowest BCUT2D eigenvalue weighted by molar-refractivity contribution is 0.355. The van der Waals surface area contributed by atoms with Gasteiger partial charge in [-0.2, -0.15) is 0 Å². The average molecular weight is 540 g/mol. The topological polar surface area (TPSA) is 91.5 Å². The number of fused-ring (bicyclic) bond motifs is 2. The predicted molar refractivity (Wildman–Crippen MR) is 139 cm³/mol. The summed E-state index contributed by atoms with van der Waals surface area (Å²) in [6, 6.07) is 9.02. The van der Waals surface area contributed by atoms with E-state index in [2.05, 4.69) is 30.8 Å². The Bertz CT molecular complexity index is 1540. The molecule has 35 heavy (non-hydrogen) atoms. The van der Waals surface area contributed by atoms with Crippen molar-refractivity contribution in [2.24, 2.45) is 0 Å². The van der Waals surface area contributed by atoms with Gasteiger partial charge < -0.3 is 14.4 Å². The van der Waals surface area contributed by atoms with Crippen LogP contribution in [-0.2, 0) is 6.54 Å². The van der Waals surface area contributed by atoms with Crippen LogP contribution >= 0.6 is 15.9 Å². The molecule has 9 nitrogen and oxygen atoms in total. The summed E-state index contributed by atoms with van der Waals surface area (Å²) in [4.78, 5) is 37.8. The zero-order valence-electron chi connectivity index (χ0n) is 19.8. The van der Waals surface area contributed by atoms with E-state index >= 15 is 0 Å². The number of halogens is 1. The summed E-state index contributed by atoms with van der Waals surface area (Å²) in [5.74, 6) is 2.02. The standard InChI is InChI=1S/C25H26BrN5O4/c1-4-30-20-6-5-15(26)11-18(20)24(32)31(25(30)33)16-7-9-29(10-8-16)23-17-12-21(34-2)22(35-3)13-19(17)27-14-28-23/h5-6,11-14,16H,4,7-10H2,1-3H3. The fraction of sp³-hybridized carbons (Fsp3) is 0.360. The Kier molecular flexibility index (Phi) is 6.22. The van der Waals surface area contributed by atoms with Gasteiger partial charge >= 0.3 is 5.69 Å². The second-order valence-electron chi connectivity index (χ2n) is 8.50. The molecular weight excluding hydrogens is 514 g/mol. The van der Waals surface area contributed by atoms with Crippen LogP contribution in [0.15, 0.2) is 50.7 Å². The summed E-state index contributed by atoms with van der Waals surface area (Å²) in [5, 5.41) is 1.41. The van der Waals surface area contributed by atoms with Gasteiger partial charge in [-0.25, -0.2) is 14.8 Å². The number of anilines is 1. The van der Waals surface area contributed by atoms with E-state index in [9.17, 15) is 9.59 Å². The molecule has 0 amide bonds. The van der Waals surface area contributed by atoms with E-state index in [1.54, 1.807) is 31.2 Å². The van der Waals surface area contributed by atoms with Crippen LogP contribution in [0.25, 0.3) is 21.8 Å². The highest BCUT2D eigenvalue weighted by Gasteiger charge is 2.27. The molecule has 0 bridgehead atoms. The van der Waals surface area contributed by atoms with E-state index < -0.39 is 0 Å². The average Bonchev–Trinajstić information content (AvgIpc) is 2.88. The molecule has 0 unspecified atom stereocenters. The molecule has 0 saturated carbocycles. The third-order valence-electron chi connectivity index (χ3n) is 6.70. The third-order valence-corrected chi connectivity index (χ3v) is 7.19. The first-order chi connectivity index (χ1) is 17.0. The van der Waals surface area contributed by atoms with Gasteiger partial charge in [0.2, 0.25) is 0 Å². The van der Waals surface area contributed by atoms with E-state index in [1.807, 2.05) is 31.2 Å². The van der Waals surface area contributed by atoms with Crippen molar-refractivity contribution in [3.63, 3.8) is 0 Å². The molecule has 182 valence electrons. The second-order valence-corrected chi connectivity index (χ2v) is 9.42. The number of aromatic nitrogens is 4. The Hall–Kier alpha value is -3.40. The SMILES string of the molecule is CCn1c(=O)n(C2CCN(c3ncnc4cc(OC)c(OC)cc34)CC2)c(=O)c2cc(Br)ccc21. The lowest BCUT2D eigenvalue weighted by atomic mass is 10.0. The fourth-order valence-electron chi connectivity index (χ4n) is 4.95. The molecule has 0 aliphatic carbocycles. The maximum atomic E-state index is 13.4. The summed E-state index contributed by atoms with van der Waals surface area (Å²) >= 11 is 3.45. The molecule has 0 atom stereocenters. The van der Waals surface area contributed by atoms with Crippen LogP contribution in [0.5, 0.6) is 11.5 Å². The van der Waals surface area contributed by atoms with Crippen LogP contribution in [0.2, 0.25) is 0 Å². The normalized spacial score (nSPS) is 14.6. The number of rotatable bonds is 5. The largest absolute Gasteiger partial charge is 0.493 e. The highest BCUT2D eigenvalue weighted by molar-refractivity contribution is 9.10. The molecule has 5 rings (SSSR count). The number of benzene rings is 2. The molecule has 3 heterocycles. The van der Waals surface area contributed by atoms with Gasteiger partial charge in [-0.05, 0) is 44.0 Å². The molecule has 2 aromatic heterocycles. The van der Waals surface area contributed by atoms with Crippen molar-refractivity contribution < 1.29 is 9.47 Å². The number of nitrogens with zero attached hydrogens (tertiary/aromatic N) is 5. The van der Waals surface area contributed by atoms with Crippen molar-refractivity contribution in [1.29, 1.82) is 0 Å². The van der Waals surface area contributed by atoms with E-state index in [0.717, 1.165) is 21.2 Å². The summed E-state index contributed by atoms with van der Waals surface area (Å²) in [6.45, 7) is 3.72. The number of methoxy groups -OCH3 is 2. The highest BCUT2D eigenvalue weighted by Crippen LogP contribution is 2.36. The Balaban J connectivity index is 1.50. The van der Waals surface area contributed by atoms with E-state index in [4.69, 9.17) is 9.47 Å². The number of hydrogen-bond acceptors (Lipinski definition) is 7. The lowest BCUT2D eigenvalue weighted by Gasteiger charge is -2.34. The maximum Gasteiger partial charge on any atom is 0.331 e.